The van der Waals surface area contributed by atoms with Crippen molar-refractivity contribution in [2.75, 3.05) is 34.4 Å². The van der Waals surface area contributed by atoms with E-state index in [2.05, 4.69) is 15.4 Å². The Balaban J connectivity index is 2.27. The van der Waals surface area contributed by atoms with Crippen LogP contribution < -0.4 is 15.4 Å². The first-order chi connectivity index (χ1) is 23.1. The average Bonchev–Trinajstić information content (AvgIpc) is 3.56. The fourth-order valence-corrected chi connectivity index (χ4v) is 6.93. The van der Waals surface area contributed by atoms with Crippen LogP contribution in [0.2, 0.25) is 0 Å². The molecule has 0 bridgehead atoms. The Morgan fingerprint density at radius 2 is 1.69 bits per heavy atom. The van der Waals surface area contributed by atoms with E-state index in [1.165, 1.54) is 33.0 Å². The molecule has 15 heteroatoms. The lowest BCUT2D eigenvalue weighted by molar-refractivity contribution is -0.145. The van der Waals surface area contributed by atoms with Gasteiger partial charge in [0.1, 0.15) is 6.04 Å². The molecule has 49 heavy (non-hydrogen) atoms. The van der Waals surface area contributed by atoms with E-state index in [0.29, 0.717) is 25.8 Å². The van der Waals surface area contributed by atoms with E-state index < -0.39 is 63.3 Å². The molecule has 1 heterocycles. The van der Waals surface area contributed by atoms with Gasteiger partial charge in [-0.25, -0.2) is 8.42 Å². The van der Waals surface area contributed by atoms with Crippen LogP contribution in [0.3, 0.4) is 0 Å². The van der Waals surface area contributed by atoms with E-state index in [1.54, 1.807) is 43.1 Å². The maximum absolute atomic E-state index is 13.9. The van der Waals surface area contributed by atoms with E-state index in [-0.39, 0.29) is 37.1 Å². The second kappa shape index (κ2) is 19.6. The standard InChI is InChI=1S/C34H55N5O9S/c1-9-23(4)31(38(6)30(42)20-35-21-40)28(47-7)19-29(41)39-17-13-16-27(39)32(48-8)24(5)33(43)36-26(18-25-14-11-10-12-15-25)34(44)37-49(45,46)22(2)3/h10-12,14-15,21-24,26-28,31-32H,9,13,16-20H2,1-8H3,(H,35,40)(H,36,43)(H,37,44). The summed E-state index contributed by atoms with van der Waals surface area (Å²) < 4.78 is 38.7. The highest BCUT2D eigenvalue weighted by Crippen LogP contribution is 2.29. The summed E-state index contributed by atoms with van der Waals surface area (Å²) in [5.41, 5.74) is 0.726. The molecule has 7 atom stereocenters. The molecule has 0 aromatic heterocycles. The molecular weight excluding hydrogens is 654 g/mol. The Kier molecular flexibility index (Phi) is 16.6. The number of amides is 5. The normalized spacial score (nSPS) is 18.5. The van der Waals surface area contributed by atoms with Crippen LogP contribution in [0, 0.1) is 11.8 Å². The minimum absolute atomic E-state index is 0.0238. The van der Waals surface area contributed by atoms with Gasteiger partial charge in [-0.05, 0) is 38.2 Å². The molecule has 3 N–H and O–H groups in total. The smallest absolute Gasteiger partial charge is 0.256 e. The fourth-order valence-electron chi connectivity index (χ4n) is 6.27. The first kappa shape index (κ1) is 41.6. The molecule has 1 aliphatic heterocycles. The number of nitrogens with one attached hydrogen (secondary N) is 3. The van der Waals surface area contributed by atoms with Crippen molar-refractivity contribution in [3.8, 4) is 0 Å². The third kappa shape index (κ3) is 11.5. The Bertz CT molecular complexity index is 1360. The number of likely N-dealkylation sites (tertiary alicyclic amines) is 1. The quantitative estimate of drug-likeness (QED) is 0.168. The maximum atomic E-state index is 13.9. The van der Waals surface area contributed by atoms with Gasteiger partial charge in [-0.1, -0.05) is 57.5 Å². The van der Waals surface area contributed by atoms with Gasteiger partial charge in [0.2, 0.25) is 34.2 Å². The van der Waals surface area contributed by atoms with Gasteiger partial charge in [0.15, 0.2) is 0 Å². The summed E-state index contributed by atoms with van der Waals surface area (Å²) in [5, 5.41) is 4.27. The highest BCUT2D eigenvalue weighted by molar-refractivity contribution is 7.90. The van der Waals surface area contributed by atoms with Crippen LogP contribution in [-0.2, 0) is 49.9 Å². The number of ether oxygens (including phenoxy) is 2. The monoisotopic (exact) mass is 709 g/mol. The number of methoxy groups -OCH3 is 2. The number of likely N-dealkylation sites (N-methyl/N-ethyl adjacent to an activating group) is 1. The summed E-state index contributed by atoms with van der Waals surface area (Å²) in [6.45, 7) is 8.77. The van der Waals surface area contributed by atoms with Crippen LogP contribution in [0.25, 0.3) is 0 Å². The lowest BCUT2D eigenvalue weighted by atomic mass is 9.90. The zero-order valence-electron chi connectivity index (χ0n) is 30.0. The van der Waals surface area contributed by atoms with Crippen molar-refractivity contribution in [2.45, 2.75) is 102 Å². The molecule has 7 unspecified atom stereocenters. The molecule has 1 aromatic carbocycles. The van der Waals surface area contributed by atoms with Gasteiger partial charge < -0.3 is 29.9 Å². The fraction of sp³-hybridized carbons (Fsp3) is 0.676. The second-order valence-electron chi connectivity index (χ2n) is 13.0. The minimum Gasteiger partial charge on any atom is -0.379 e. The largest absolute Gasteiger partial charge is 0.379 e. The summed E-state index contributed by atoms with van der Waals surface area (Å²) in [6, 6.07) is 6.84. The Morgan fingerprint density at radius 3 is 2.24 bits per heavy atom. The Labute approximate surface area is 291 Å². The summed E-state index contributed by atoms with van der Waals surface area (Å²) in [7, 11) is 0.637. The van der Waals surface area contributed by atoms with E-state index in [1.807, 2.05) is 19.9 Å². The Hall–Kier alpha value is -3.56. The van der Waals surface area contributed by atoms with Crippen LogP contribution in [0.5, 0.6) is 0 Å². The van der Waals surface area contributed by atoms with Gasteiger partial charge in [-0.15, -0.1) is 0 Å². The number of hydrogen-bond acceptors (Lipinski definition) is 9. The van der Waals surface area contributed by atoms with E-state index in [9.17, 15) is 32.4 Å². The lowest BCUT2D eigenvalue weighted by Gasteiger charge is -2.39. The van der Waals surface area contributed by atoms with Crippen LogP contribution in [0.15, 0.2) is 30.3 Å². The molecule has 0 spiro atoms. The molecule has 0 saturated carbocycles. The summed E-state index contributed by atoms with van der Waals surface area (Å²) in [4.78, 5) is 67.6. The number of rotatable bonds is 20. The van der Waals surface area contributed by atoms with Crippen molar-refractivity contribution in [3.05, 3.63) is 35.9 Å². The third-order valence-corrected chi connectivity index (χ3v) is 11.1. The topological polar surface area (TPSA) is 181 Å². The van der Waals surface area contributed by atoms with Crippen LogP contribution in [-0.4, -0.2) is 118 Å². The van der Waals surface area contributed by atoms with Gasteiger partial charge in [0.05, 0.1) is 48.4 Å². The van der Waals surface area contributed by atoms with Crippen LogP contribution in [0.4, 0.5) is 0 Å². The third-order valence-electron chi connectivity index (χ3n) is 9.42. The van der Waals surface area contributed by atoms with Crippen molar-refractivity contribution in [1.82, 2.24) is 25.2 Å². The van der Waals surface area contributed by atoms with Gasteiger partial charge >= 0.3 is 0 Å². The van der Waals surface area contributed by atoms with Gasteiger partial charge in [-0.2, -0.15) is 0 Å². The summed E-state index contributed by atoms with van der Waals surface area (Å²) >= 11 is 0. The van der Waals surface area contributed by atoms with Crippen molar-refractivity contribution in [2.24, 2.45) is 11.8 Å². The van der Waals surface area contributed by atoms with Crippen molar-refractivity contribution in [3.63, 3.8) is 0 Å². The molecule has 14 nitrogen and oxygen atoms in total. The molecule has 1 aromatic rings. The number of sulfonamides is 1. The molecule has 1 saturated heterocycles. The van der Waals surface area contributed by atoms with E-state index in [4.69, 9.17) is 9.47 Å². The highest BCUT2D eigenvalue weighted by Gasteiger charge is 2.42. The lowest BCUT2D eigenvalue weighted by Crippen LogP contribution is -2.55. The SMILES string of the molecule is CCC(C)C(C(CC(=O)N1CCCC1C(OC)C(C)C(=O)NC(Cc1ccccc1)C(=O)NS(=O)(=O)C(C)C)OC)N(C)C(=O)CNC=O. The number of benzene rings is 1. The molecule has 0 radical (unpaired) electrons. The van der Waals surface area contributed by atoms with Gasteiger partial charge in [-0.3, -0.25) is 28.7 Å². The van der Waals surface area contributed by atoms with E-state index >= 15 is 0 Å². The van der Waals surface area contributed by atoms with Gasteiger partial charge in [0, 0.05) is 34.2 Å². The molecule has 1 aliphatic rings. The second-order valence-corrected chi connectivity index (χ2v) is 15.2. The van der Waals surface area contributed by atoms with E-state index in [0.717, 1.165) is 12.0 Å². The number of nitrogens with zero attached hydrogens (tertiary/aromatic N) is 2. The first-order valence-electron chi connectivity index (χ1n) is 16.8. The van der Waals surface area contributed by atoms with Crippen molar-refractivity contribution >= 4 is 40.1 Å². The average molecular weight is 710 g/mol. The predicted octanol–water partition coefficient (Wildman–Crippen LogP) is 1.23. The molecule has 0 aliphatic carbocycles. The molecular formula is C34H55N5O9S. The van der Waals surface area contributed by atoms with Crippen LogP contribution >= 0.6 is 0 Å². The summed E-state index contributed by atoms with van der Waals surface area (Å²) in [6.07, 6.45) is 1.08. The number of carbonyl (C=O) groups excluding carboxylic acids is 5. The zero-order chi connectivity index (χ0) is 36.9. The van der Waals surface area contributed by atoms with Crippen LogP contribution in [0.1, 0.15) is 65.9 Å². The van der Waals surface area contributed by atoms with Crippen molar-refractivity contribution in [1.29, 1.82) is 0 Å². The first-order valence-corrected chi connectivity index (χ1v) is 18.3. The molecule has 1 fully saturated rings. The van der Waals surface area contributed by atoms with Gasteiger partial charge in [0.25, 0.3) is 5.91 Å². The minimum atomic E-state index is -3.95. The molecule has 276 valence electrons. The van der Waals surface area contributed by atoms with Crippen molar-refractivity contribution < 1.29 is 41.9 Å². The predicted molar refractivity (Wildman–Crippen MR) is 184 cm³/mol. The summed E-state index contributed by atoms with van der Waals surface area (Å²) in [5.74, 6) is -2.76. The molecule has 5 amide bonds. The highest BCUT2D eigenvalue weighted by atomic mass is 32.2. The number of carbonyl (C=O) groups is 5. The maximum Gasteiger partial charge on any atom is 0.256 e. The Morgan fingerprint density at radius 1 is 1.04 bits per heavy atom. The molecule has 2 rings (SSSR count). The number of hydrogen-bond donors (Lipinski definition) is 3. The zero-order valence-corrected chi connectivity index (χ0v) is 30.8.